The number of thioether (sulfide) groups is 1. The third kappa shape index (κ3) is 4.24. The third-order valence-corrected chi connectivity index (χ3v) is 4.84. The van der Waals surface area contributed by atoms with Gasteiger partial charge in [-0.15, -0.1) is 11.8 Å². The summed E-state index contributed by atoms with van der Waals surface area (Å²) in [7, 11) is 1.47. The van der Waals surface area contributed by atoms with Crippen molar-refractivity contribution in [3.8, 4) is 11.5 Å². The molecule has 0 bridgehead atoms. The molecule has 0 saturated carbocycles. The standard InChI is InChI=1S/C21H18O4S/c1-14(22)16-8-10-19(20(12-16)24-2)25-21(23)13-26-18-9-7-15-5-3-4-6-17(15)11-18/h3-12H,13H2,1-2H3. The van der Waals surface area contributed by atoms with Gasteiger partial charge >= 0.3 is 5.97 Å². The number of benzene rings is 3. The maximum atomic E-state index is 12.2. The average molecular weight is 366 g/mol. The van der Waals surface area contributed by atoms with Crippen molar-refractivity contribution in [3.05, 3.63) is 66.2 Å². The molecular formula is C21H18O4S. The van der Waals surface area contributed by atoms with E-state index in [2.05, 4.69) is 12.1 Å². The van der Waals surface area contributed by atoms with Crippen LogP contribution in [0.25, 0.3) is 10.8 Å². The molecule has 0 heterocycles. The SMILES string of the molecule is COc1cc(C(C)=O)ccc1OC(=O)CSc1ccc2ccccc2c1. The van der Waals surface area contributed by atoms with Gasteiger partial charge in [0.15, 0.2) is 17.3 Å². The van der Waals surface area contributed by atoms with E-state index in [0.29, 0.717) is 17.1 Å². The lowest BCUT2D eigenvalue weighted by molar-refractivity contribution is -0.131. The van der Waals surface area contributed by atoms with Crippen LogP contribution in [0, 0.1) is 0 Å². The predicted molar refractivity (Wildman–Crippen MR) is 103 cm³/mol. The number of carbonyl (C=O) groups excluding carboxylic acids is 2. The molecule has 0 aliphatic rings. The molecule has 3 aromatic carbocycles. The molecule has 132 valence electrons. The van der Waals surface area contributed by atoms with Gasteiger partial charge in [-0.2, -0.15) is 0 Å². The van der Waals surface area contributed by atoms with Crippen LogP contribution in [0.3, 0.4) is 0 Å². The van der Waals surface area contributed by atoms with Crippen LogP contribution >= 0.6 is 11.8 Å². The van der Waals surface area contributed by atoms with Crippen molar-refractivity contribution in [2.75, 3.05) is 12.9 Å². The summed E-state index contributed by atoms with van der Waals surface area (Å²) < 4.78 is 10.6. The number of esters is 1. The van der Waals surface area contributed by atoms with Gasteiger partial charge in [-0.25, -0.2) is 0 Å². The van der Waals surface area contributed by atoms with Crippen LogP contribution in [0.15, 0.2) is 65.6 Å². The van der Waals surface area contributed by atoms with Crippen LogP contribution in [-0.2, 0) is 4.79 Å². The topological polar surface area (TPSA) is 52.6 Å². The first-order valence-corrected chi connectivity index (χ1v) is 9.06. The zero-order valence-corrected chi connectivity index (χ0v) is 15.3. The number of hydrogen-bond acceptors (Lipinski definition) is 5. The minimum atomic E-state index is -0.378. The summed E-state index contributed by atoms with van der Waals surface area (Å²) in [5.74, 6) is 0.393. The molecule has 4 nitrogen and oxygen atoms in total. The van der Waals surface area contributed by atoms with E-state index in [9.17, 15) is 9.59 Å². The molecule has 3 aromatic rings. The zero-order chi connectivity index (χ0) is 18.5. The molecule has 0 spiro atoms. The fraction of sp³-hybridized carbons (Fsp3) is 0.143. The Labute approximate surface area is 156 Å². The molecular weight excluding hydrogens is 348 g/mol. The molecule has 0 fully saturated rings. The lowest BCUT2D eigenvalue weighted by Gasteiger charge is -2.10. The summed E-state index contributed by atoms with van der Waals surface area (Å²) in [5.41, 5.74) is 0.507. The van der Waals surface area contributed by atoms with Crippen molar-refractivity contribution in [2.24, 2.45) is 0 Å². The Morgan fingerprint density at radius 3 is 2.42 bits per heavy atom. The van der Waals surface area contributed by atoms with Crippen LogP contribution in [-0.4, -0.2) is 24.6 Å². The number of hydrogen-bond donors (Lipinski definition) is 0. The Morgan fingerprint density at radius 2 is 1.69 bits per heavy atom. The molecule has 0 aliphatic heterocycles. The molecule has 0 N–H and O–H groups in total. The monoisotopic (exact) mass is 366 g/mol. The van der Waals surface area contributed by atoms with E-state index in [1.165, 1.54) is 25.8 Å². The highest BCUT2D eigenvalue weighted by Gasteiger charge is 2.13. The second kappa shape index (κ2) is 8.06. The molecule has 0 saturated heterocycles. The molecule has 0 amide bonds. The highest BCUT2D eigenvalue weighted by atomic mass is 32.2. The number of methoxy groups -OCH3 is 1. The Morgan fingerprint density at radius 1 is 0.923 bits per heavy atom. The van der Waals surface area contributed by atoms with E-state index in [4.69, 9.17) is 9.47 Å². The maximum absolute atomic E-state index is 12.2. The minimum Gasteiger partial charge on any atom is -0.493 e. The van der Waals surface area contributed by atoms with Crippen molar-refractivity contribution in [3.63, 3.8) is 0 Å². The number of ether oxygens (including phenoxy) is 2. The molecule has 0 unspecified atom stereocenters. The smallest absolute Gasteiger partial charge is 0.321 e. The summed E-state index contributed by atoms with van der Waals surface area (Å²) >= 11 is 1.41. The van der Waals surface area contributed by atoms with Crippen molar-refractivity contribution in [1.29, 1.82) is 0 Å². The highest BCUT2D eigenvalue weighted by molar-refractivity contribution is 8.00. The summed E-state index contributed by atoms with van der Waals surface area (Å²) in [5, 5.41) is 2.29. The molecule has 26 heavy (non-hydrogen) atoms. The van der Waals surface area contributed by atoms with Crippen molar-refractivity contribution in [1.82, 2.24) is 0 Å². The summed E-state index contributed by atoms with van der Waals surface area (Å²) in [6.07, 6.45) is 0. The minimum absolute atomic E-state index is 0.0759. The van der Waals surface area contributed by atoms with E-state index in [1.807, 2.05) is 30.3 Å². The van der Waals surface area contributed by atoms with Crippen molar-refractivity contribution in [2.45, 2.75) is 11.8 Å². The van der Waals surface area contributed by atoms with Crippen LogP contribution in [0.2, 0.25) is 0 Å². The number of carbonyl (C=O) groups is 2. The van der Waals surface area contributed by atoms with Crippen LogP contribution in [0.1, 0.15) is 17.3 Å². The fourth-order valence-corrected chi connectivity index (χ4v) is 3.24. The van der Waals surface area contributed by atoms with Gasteiger partial charge in [-0.3, -0.25) is 9.59 Å². The first-order valence-electron chi connectivity index (χ1n) is 8.08. The van der Waals surface area contributed by atoms with Gasteiger partial charge in [0.1, 0.15) is 0 Å². The van der Waals surface area contributed by atoms with Gasteiger partial charge < -0.3 is 9.47 Å². The van der Waals surface area contributed by atoms with Gasteiger partial charge in [-0.1, -0.05) is 30.3 Å². The van der Waals surface area contributed by atoms with E-state index in [1.54, 1.807) is 18.2 Å². The van der Waals surface area contributed by atoms with E-state index in [-0.39, 0.29) is 17.5 Å². The summed E-state index contributed by atoms with van der Waals surface area (Å²) in [6.45, 7) is 1.47. The Balaban J connectivity index is 1.65. The molecule has 0 aliphatic carbocycles. The second-order valence-corrected chi connectivity index (χ2v) is 6.74. The van der Waals surface area contributed by atoms with Crippen LogP contribution in [0.4, 0.5) is 0 Å². The first-order chi connectivity index (χ1) is 12.6. The molecule has 5 heteroatoms. The largest absolute Gasteiger partial charge is 0.493 e. The Bertz CT molecular complexity index is 965. The average Bonchev–Trinajstić information content (AvgIpc) is 2.66. The van der Waals surface area contributed by atoms with Crippen LogP contribution < -0.4 is 9.47 Å². The molecule has 0 radical (unpaired) electrons. The Kier molecular flexibility index (Phi) is 5.58. The summed E-state index contributed by atoms with van der Waals surface area (Å²) in [4.78, 5) is 24.6. The quantitative estimate of drug-likeness (QED) is 0.273. The Hall–Kier alpha value is -2.79. The fourth-order valence-electron chi connectivity index (χ4n) is 2.52. The highest BCUT2D eigenvalue weighted by Crippen LogP contribution is 2.29. The number of ketones is 1. The lowest BCUT2D eigenvalue weighted by Crippen LogP contribution is -2.11. The van der Waals surface area contributed by atoms with Crippen molar-refractivity contribution < 1.29 is 19.1 Å². The van der Waals surface area contributed by atoms with E-state index in [0.717, 1.165) is 15.7 Å². The van der Waals surface area contributed by atoms with Gasteiger partial charge in [0.05, 0.1) is 12.9 Å². The normalized spacial score (nSPS) is 10.5. The molecule has 0 atom stereocenters. The van der Waals surface area contributed by atoms with Gasteiger partial charge in [0.2, 0.25) is 0 Å². The second-order valence-electron chi connectivity index (χ2n) is 5.69. The first kappa shape index (κ1) is 18.0. The van der Waals surface area contributed by atoms with Gasteiger partial charge in [-0.05, 0) is 48.0 Å². The van der Waals surface area contributed by atoms with Crippen molar-refractivity contribution >= 4 is 34.3 Å². The van der Waals surface area contributed by atoms with Crippen LogP contribution in [0.5, 0.6) is 11.5 Å². The number of fused-ring (bicyclic) bond motifs is 1. The summed E-state index contributed by atoms with van der Waals surface area (Å²) in [6, 6.07) is 18.9. The lowest BCUT2D eigenvalue weighted by atomic mass is 10.1. The number of Topliss-reactive ketones (excluding diaryl/α,β-unsaturated/α-hetero) is 1. The van der Waals surface area contributed by atoms with Gasteiger partial charge in [0, 0.05) is 10.5 Å². The van der Waals surface area contributed by atoms with E-state index >= 15 is 0 Å². The maximum Gasteiger partial charge on any atom is 0.321 e. The molecule has 0 aromatic heterocycles. The zero-order valence-electron chi connectivity index (χ0n) is 14.5. The number of rotatable bonds is 6. The third-order valence-electron chi connectivity index (χ3n) is 3.87. The molecule has 3 rings (SSSR count). The predicted octanol–water partition coefficient (Wildman–Crippen LogP) is 4.75. The van der Waals surface area contributed by atoms with E-state index < -0.39 is 0 Å². The van der Waals surface area contributed by atoms with Gasteiger partial charge in [0.25, 0.3) is 0 Å².